The number of aliphatic hydroxyl groups is 3. The van der Waals surface area contributed by atoms with Gasteiger partial charge in [0.15, 0.2) is 23.0 Å². The van der Waals surface area contributed by atoms with E-state index in [2.05, 4.69) is 0 Å². The van der Waals surface area contributed by atoms with Crippen LogP contribution in [0.1, 0.15) is 64.7 Å². The van der Waals surface area contributed by atoms with Gasteiger partial charge in [0.1, 0.15) is 29.4 Å². The van der Waals surface area contributed by atoms with Gasteiger partial charge in [-0.25, -0.2) is 0 Å². The van der Waals surface area contributed by atoms with E-state index in [0.29, 0.717) is 22.3 Å². The van der Waals surface area contributed by atoms with Crippen molar-refractivity contribution in [3.05, 3.63) is 70.0 Å². The Labute approximate surface area is 266 Å². The summed E-state index contributed by atoms with van der Waals surface area (Å²) in [6.45, 7) is 8.82. The molecule has 2 aromatic rings. The van der Waals surface area contributed by atoms with E-state index in [-0.39, 0.29) is 48.5 Å². The Kier molecular flexibility index (Phi) is 7.88. The second-order valence-corrected chi connectivity index (χ2v) is 13.6. The fraction of sp³-hybridized carbons (Fsp3) is 0.417. The topological polar surface area (TPSA) is 176 Å². The lowest BCUT2D eigenvalue weighted by atomic mass is 9.43. The number of ether oxygens (including phenoxy) is 1. The van der Waals surface area contributed by atoms with Crippen molar-refractivity contribution < 1.29 is 49.1 Å². The number of aromatic hydroxyl groups is 1. The number of aliphatic hydroxyl groups excluding tert-OH is 2. The minimum Gasteiger partial charge on any atom is -0.508 e. The van der Waals surface area contributed by atoms with E-state index < -0.39 is 68.7 Å². The summed E-state index contributed by atoms with van der Waals surface area (Å²) >= 11 is 0. The van der Waals surface area contributed by atoms with Crippen molar-refractivity contribution in [2.45, 2.75) is 66.4 Å². The molecular formula is C36H38O10. The van der Waals surface area contributed by atoms with Gasteiger partial charge in [0.2, 0.25) is 5.78 Å². The zero-order chi connectivity index (χ0) is 34.1. The van der Waals surface area contributed by atoms with Crippen LogP contribution in [-0.4, -0.2) is 61.7 Å². The van der Waals surface area contributed by atoms with Crippen LogP contribution in [0.4, 0.5) is 0 Å². The first-order valence-corrected chi connectivity index (χ1v) is 15.2. The predicted molar refractivity (Wildman–Crippen MR) is 167 cm³/mol. The molecule has 0 amide bonds. The van der Waals surface area contributed by atoms with Gasteiger partial charge in [-0.3, -0.25) is 24.0 Å². The number of fused-ring (bicyclic) bond motifs is 3. The summed E-state index contributed by atoms with van der Waals surface area (Å²) in [5.41, 5.74) is -3.59. The summed E-state index contributed by atoms with van der Waals surface area (Å²) in [7, 11) is 0. The maximum absolute atomic E-state index is 14.5. The van der Waals surface area contributed by atoms with Gasteiger partial charge in [0, 0.05) is 35.7 Å². The SMILES string of the molecule is CC(=O)OCC(=O)Cc1ccc(-c2ccc(O)c3c2C[C@]2(C)C[C@]4(C)C(C(C)C)C(=O)C(C(C)=O)=C(O)[C@]4(O)C(=O)C2=C3O)cc1. The summed E-state index contributed by atoms with van der Waals surface area (Å²) in [6, 6.07) is 10.1. The normalized spacial score (nSPS) is 27.3. The number of benzene rings is 2. The number of carbonyl (C=O) groups excluding carboxylic acids is 5. The summed E-state index contributed by atoms with van der Waals surface area (Å²) < 4.78 is 4.78. The molecule has 3 aliphatic carbocycles. The van der Waals surface area contributed by atoms with Crippen molar-refractivity contribution in [1.29, 1.82) is 0 Å². The lowest BCUT2D eigenvalue weighted by molar-refractivity contribution is -0.178. The Morgan fingerprint density at radius 1 is 0.978 bits per heavy atom. The van der Waals surface area contributed by atoms with Crippen LogP contribution in [-0.2, 0) is 41.6 Å². The summed E-state index contributed by atoms with van der Waals surface area (Å²) in [5, 5.41) is 46.2. The number of hydrogen-bond acceptors (Lipinski definition) is 10. The van der Waals surface area contributed by atoms with E-state index in [1.54, 1.807) is 58.0 Å². The Morgan fingerprint density at radius 2 is 1.61 bits per heavy atom. The molecule has 2 aromatic carbocycles. The van der Waals surface area contributed by atoms with Gasteiger partial charge in [0.05, 0.1) is 5.56 Å². The molecule has 10 nitrogen and oxygen atoms in total. The minimum absolute atomic E-state index is 0.00807. The lowest BCUT2D eigenvalue weighted by Gasteiger charge is -2.59. The molecule has 3 aliphatic rings. The minimum atomic E-state index is -2.67. The zero-order valence-corrected chi connectivity index (χ0v) is 26.7. The third-order valence-electron chi connectivity index (χ3n) is 9.99. The highest BCUT2D eigenvalue weighted by Crippen LogP contribution is 2.65. The van der Waals surface area contributed by atoms with Gasteiger partial charge in [-0.1, -0.05) is 58.0 Å². The van der Waals surface area contributed by atoms with Crippen LogP contribution in [0.3, 0.4) is 0 Å². The highest BCUT2D eigenvalue weighted by atomic mass is 16.5. The maximum Gasteiger partial charge on any atom is 0.303 e. The molecular weight excluding hydrogens is 592 g/mol. The molecule has 4 N–H and O–H groups in total. The van der Waals surface area contributed by atoms with Gasteiger partial charge in [0.25, 0.3) is 0 Å². The van der Waals surface area contributed by atoms with Gasteiger partial charge in [-0.05, 0) is 54.0 Å². The van der Waals surface area contributed by atoms with E-state index in [9.17, 15) is 44.4 Å². The monoisotopic (exact) mass is 630 g/mol. The second-order valence-electron chi connectivity index (χ2n) is 13.6. The summed E-state index contributed by atoms with van der Waals surface area (Å²) in [5.74, 6) is -6.53. The largest absolute Gasteiger partial charge is 0.508 e. The molecule has 5 rings (SSSR count). The molecule has 0 bridgehead atoms. The maximum atomic E-state index is 14.5. The van der Waals surface area contributed by atoms with Crippen LogP contribution in [0.5, 0.6) is 5.75 Å². The Balaban J connectivity index is 1.64. The average molecular weight is 631 g/mol. The number of rotatable bonds is 7. The zero-order valence-electron chi connectivity index (χ0n) is 26.7. The molecule has 10 heteroatoms. The quantitative estimate of drug-likeness (QED) is 0.251. The third-order valence-corrected chi connectivity index (χ3v) is 9.99. The molecule has 0 radical (unpaired) electrons. The van der Waals surface area contributed by atoms with Crippen molar-refractivity contribution >= 4 is 34.9 Å². The number of Topliss-reactive ketones (excluding diaryl/α,β-unsaturated/α-hetero) is 4. The van der Waals surface area contributed by atoms with E-state index >= 15 is 0 Å². The number of esters is 1. The average Bonchev–Trinajstić information content (AvgIpc) is 2.94. The van der Waals surface area contributed by atoms with Crippen molar-refractivity contribution in [2.75, 3.05) is 6.61 Å². The standard InChI is InChI=1S/C36H38O10/c1-17(2)28-30(41)26(18(3)37)32(43)36(45)33(44)29-31(42)27-24(14-34(29,5)16-35(28,36)6)23(11-12-25(27)40)21-9-7-20(8-10-21)13-22(39)15-46-19(4)38/h7-12,17,28,40,42-43,45H,13-16H2,1-6H3/t28?,34-,35-,36+/m1/s1. The van der Waals surface area contributed by atoms with E-state index in [0.717, 1.165) is 6.92 Å². The molecule has 242 valence electrons. The Morgan fingerprint density at radius 3 is 2.17 bits per heavy atom. The fourth-order valence-electron chi connectivity index (χ4n) is 8.25. The molecule has 0 aliphatic heterocycles. The number of phenolic OH excluding ortho intramolecular Hbond substituents is 1. The predicted octanol–water partition coefficient (Wildman–Crippen LogP) is 4.53. The Hall–Kier alpha value is -4.57. The lowest BCUT2D eigenvalue weighted by Crippen LogP contribution is -2.69. The highest BCUT2D eigenvalue weighted by molar-refractivity contribution is 6.24. The Bertz CT molecular complexity index is 1780. The van der Waals surface area contributed by atoms with E-state index in [1.807, 2.05) is 0 Å². The molecule has 0 saturated heterocycles. The molecule has 1 fully saturated rings. The van der Waals surface area contributed by atoms with Crippen LogP contribution in [0.25, 0.3) is 16.9 Å². The first-order valence-electron chi connectivity index (χ1n) is 15.2. The highest BCUT2D eigenvalue weighted by Gasteiger charge is 2.72. The molecule has 0 aromatic heterocycles. The van der Waals surface area contributed by atoms with E-state index in [4.69, 9.17) is 4.74 Å². The van der Waals surface area contributed by atoms with E-state index in [1.165, 1.54) is 13.0 Å². The number of ketones is 4. The molecule has 4 atom stereocenters. The molecule has 1 saturated carbocycles. The van der Waals surface area contributed by atoms with Gasteiger partial charge < -0.3 is 25.2 Å². The van der Waals surface area contributed by atoms with Gasteiger partial charge >= 0.3 is 5.97 Å². The first kappa shape index (κ1) is 32.8. The van der Waals surface area contributed by atoms with Crippen molar-refractivity contribution in [3.8, 4) is 16.9 Å². The van der Waals surface area contributed by atoms with Crippen LogP contribution in [0.2, 0.25) is 0 Å². The second kappa shape index (κ2) is 11.0. The number of allylic oxidation sites excluding steroid dienone is 1. The molecule has 1 unspecified atom stereocenters. The van der Waals surface area contributed by atoms with Crippen LogP contribution in [0.15, 0.2) is 53.3 Å². The molecule has 0 heterocycles. The number of hydrogen-bond donors (Lipinski definition) is 4. The van der Waals surface area contributed by atoms with Crippen molar-refractivity contribution in [2.24, 2.45) is 22.7 Å². The summed E-state index contributed by atoms with van der Waals surface area (Å²) in [6.07, 6.45) is 0.177. The first-order chi connectivity index (χ1) is 21.4. The van der Waals surface area contributed by atoms with Crippen LogP contribution >= 0.6 is 0 Å². The third kappa shape index (κ3) is 4.69. The van der Waals surface area contributed by atoms with Crippen molar-refractivity contribution in [1.82, 2.24) is 0 Å². The van der Waals surface area contributed by atoms with Gasteiger partial charge in [-0.15, -0.1) is 0 Å². The van der Waals surface area contributed by atoms with Crippen molar-refractivity contribution in [3.63, 3.8) is 0 Å². The molecule has 46 heavy (non-hydrogen) atoms. The smallest absolute Gasteiger partial charge is 0.303 e. The summed E-state index contributed by atoms with van der Waals surface area (Å²) in [4.78, 5) is 63.9. The van der Waals surface area contributed by atoms with Gasteiger partial charge in [-0.2, -0.15) is 0 Å². The number of phenols is 1. The van der Waals surface area contributed by atoms with Crippen LogP contribution < -0.4 is 0 Å². The molecule has 0 spiro atoms. The van der Waals surface area contributed by atoms with Crippen LogP contribution in [0, 0.1) is 22.7 Å². The number of carbonyl (C=O) groups is 5. The fourth-order valence-corrected chi connectivity index (χ4v) is 8.25.